The number of sulfonamides is 1. The Labute approximate surface area is 197 Å². The Morgan fingerprint density at radius 3 is 2.38 bits per heavy atom. The molecule has 0 heterocycles. The normalized spacial score (nSPS) is 12.1. The second-order valence-corrected chi connectivity index (χ2v) is 9.13. The Balaban J connectivity index is 1.60. The molecule has 0 aliphatic carbocycles. The number of nitrogens with one attached hydrogen (secondary N) is 1. The smallest absolute Gasteiger partial charge is 0.322 e. The Morgan fingerprint density at radius 1 is 1.00 bits per heavy atom. The molecule has 0 unspecified atom stereocenters. The van der Waals surface area contributed by atoms with Crippen LogP contribution in [-0.2, 0) is 26.1 Å². The van der Waals surface area contributed by atoms with E-state index < -0.39 is 22.0 Å². The second-order valence-electron chi connectivity index (χ2n) is 7.42. The van der Waals surface area contributed by atoms with Crippen LogP contribution in [0.1, 0.15) is 12.0 Å². The molecule has 0 aliphatic heterocycles. The molecule has 1 atom stereocenters. The van der Waals surface area contributed by atoms with Crippen molar-refractivity contribution in [1.82, 2.24) is 4.72 Å². The third kappa shape index (κ3) is 7.09. The molecule has 0 saturated heterocycles. The number of hydrogen-bond acceptors (Lipinski definition) is 6. The highest BCUT2D eigenvalue weighted by Gasteiger charge is 2.26. The van der Waals surface area contributed by atoms with Gasteiger partial charge in [0, 0.05) is 6.42 Å². The molecule has 0 aromatic heterocycles. The first-order chi connectivity index (χ1) is 16.2. The molecule has 0 saturated carbocycles. The van der Waals surface area contributed by atoms with Crippen molar-refractivity contribution >= 4 is 32.7 Å². The number of benzene rings is 3. The second kappa shape index (κ2) is 11.3. The highest BCUT2D eigenvalue weighted by atomic mass is 32.2. The van der Waals surface area contributed by atoms with Gasteiger partial charge in [0.25, 0.3) is 0 Å². The maximum Gasteiger partial charge on any atom is 0.322 e. The molecule has 11 heteroatoms. The molecular formula is C23H26N4O6S. The summed E-state index contributed by atoms with van der Waals surface area (Å²) >= 11 is 0. The number of guanidine groups is 1. The number of aliphatic carboxylic acids is 1. The van der Waals surface area contributed by atoms with E-state index in [1.807, 2.05) is 12.1 Å². The minimum absolute atomic E-state index is 0.00465. The van der Waals surface area contributed by atoms with Crippen molar-refractivity contribution in [1.29, 1.82) is 0 Å². The van der Waals surface area contributed by atoms with Crippen molar-refractivity contribution in [3.05, 3.63) is 72.3 Å². The van der Waals surface area contributed by atoms with Gasteiger partial charge in [0.05, 0.1) is 11.5 Å². The fourth-order valence-corrected chi connectivity index (χ4v) is 4.38. The summed E-state index contributed by atoms with van der Waals surface area (Å²) in [5, 5.41) is 14.6. The monoisotopic (exact) mass is 486 g/mol. The molecule has 6 N–H and O–H groups in total. The summed E-state index contributed by atoms with van der Waals surface area (Å²) in [6, 6.07) is 17.4. The van der Waals surface area contributed by atoms with Crippen LogP contribution in [0.4, 0.5) is 0 Å². The number of carboxylic acids is 1. The number of hydrogen-bond donors (Lipinski definition) is 4. The van der Waals surface area contributed by atoms with E-state index in [1.165, 1.54) is 12.1 Å². The van der Waals surface area contributed by atoms with Crippen molar-refractivity contribution < 1.29 is 27.9 Å². The number of nitrogens with zero attached hydrogens (tertiary/aromatic N) is 1. The highest BCUT2D eigenvalue weighted by Crippen LogP contribution is 2.20. The van der Waals surface area contributed by atoms with Crippen LogP contribution in [-0.4, -0.2) is 44.7 Å². The first-order valence-electron chi connectivity index (χ1n) is 10.4. The van der Waals surface area contributed by atoms with Crippen LogP contribution in [0.3, 0.4) is 0 Å². The molecule has 3 aromatic rings. The zero-order valence-corrected chi connectivity index (χ0v) is 19.1. The Kier molecular flexibility index (Phi) is 8.28. The number of carbonyl (C=O) groups is 1. The van der Waals surface area contributed by atoms with E-state index in [0.717, 1.165) is 10.8 Å². The molecule has 34 heavy (non-hydrogen) atoms. The molecule has 0 bridgehead atoms. The topological polar surface area (TPSA) is 166 Å². The van der Waals surface area contributed by atoms with Crippen molar-refractivity contribution in [2.24, 2.45) is 16.6 Å². The van der Waals surface area contributed by atoms with Crippen molar-refractivity contribution in [3.63, 3.8) is 0 Å². The van der Waals surface area contributed by atoms with Gasteiger partial charge in [-0.2, -0.15) is 4.72 Å². The predicted octanol–water partition coefficient (Wildman–Crippen LogP) is 1.79. The zero-order valence-electron chi connectivity index (χ0n) is 18.3. The summed E-state index contributed by atoms with van der Waals surface area (Å²) in [5.41, 5.74) is 10.9. The summed E-state index contributed by atoms with van der Waals surface area (Å²) in [6.45, 7) is 0.649. The summed E-state index contributed by atoms with van der Waals surface area (Å²) in [7, 11) is -4.04. The SMILES string of the molecule is NC(N)=NOCCCOc1ccc(C[C@H](NS(=O)(=O)c2ccc3ccccc3c2)C(=O)O)cc1. The average molecular weight is 487 g/mol. The molecular weight excluding hydrogens is 460 g/mol. The van der Waals surface area contributed by atoms with E-state index in [-0.39, 0.29) is 23.9 Å². The fraction of sp³-hybridized carbons (Fsp3) is 0.217. The molecule has 0 amide bonds. The molecule has 3 rings (SSSR count). The van der Waals surface area contributed by atoms with Gasteiger partial charge in [-0.3, -0.25) is 4.79 Å². The van der Waals surface area contributed by atoms with Crippen molar-refractivity contribution in [3.8, 4) is 5.75 Å². The zero-order chi connectivity index (χ0) is 24.6. The summed E-state index contributed by atoms with van der Waals surface area (Å²) < 4.78 is 33.6. The molecule has 10 nitrogen and oxygen atoms in total. The maximum absolute atomic E-state index is 12.8. The van der Waals surface area contributed by atoms with Crippen LogP contribution in [0.2, 0.25) is 0 Å². The number of oxime groups is 1. The molecule has 0 radical (unpaired) electrons. The van der Waals surface area contributed by atoms with E-state index in [1.54, 1.807) is 42.5 Å². The first kappa shape index (κ1) is 24.8. The Morgan fingerprint density at radius 2 is 1.71 bits per heavy atom. The van der Waals surface area contributed by atoms with Gasteiger partial charge < -0.3 is 26.1 Å². The summed E-state index contributed by atoms with van der Waals surface area (Å²) in [6.07, 6.45) is 0.519. The van der Waals surface area contributed by atoms with Crippen LogP contribution in [0, 0.1) is 0 Å². The Bertz CT molecular complexity index is 1260. The lowest BCUT2D eigenvalue weighted by Gasteiger charge is -2.16. The van der Waals surface area contributed by atoms with Gasteiger partial charge in [-0.25, -0.2) is 8.42 Å². The quantitative estimate of drug-likeness (QED) is 0.130. The average Bonchev–Trinajstić information content (AvgIpc) is 2.81. The number of fused-ring (bicyclic) bond motifs is 1. The number of rotatable bonds is 12. The molecule has 3 aromatic carbocycles. The van der Waals surface area contributed by atoms with E-state index in [9.17, 15) is 18.3 Å². The summed E-state index contributed by atoms with van der Waals surface area (Å²) in [4.78, 5) is 16.6. The lowest BCUT2D eigenvalue weighted by atomic mass is 10.1. The van der Waals surface area contributed by atoms with E-state index in [4.69, 9.17) is 21.0 Å². The van der Waals surface area contributed by atoms with Gasteiger partial charge in [-0.15, -0.1) is 0 Å². The fourth-order valence-electron chi connectivity index (χ4n) is 3.16. The first-order valence-corrected chi connectivity index (χ1v) is 11.9. The largest absolute Gasteiger partial charge is 0.493 e. The van der Waals surface area contributed by atoms with Crippen LogP contribution < -0.4 is 20.9 Å². The predicted molar refractivity (Wildman–Crippen MR) is 128 cm³/mol. The lowest BCUT2D eigenvalue weighted by molar-refractivity contribution is -0.138. The molecule has 180 valence electrons. The highest BCUT2D eigenvalue weighted by molar-refractivity contribution is 7.89. The van der Waals surface area contributed by atoms with Crippen molar-refractivity contribution in [2.45, 2.75) is 23.8 Å². The lowest BCUT2D eigenvalue weighted by Crippen LogP contribution is -2.42. The van der Waals surface area contributed by atoms with Crippen molar-refractivity contribution in [2.75, 3.05) is 13.2 Å². The van der Waals surface area contributed by atoms with Crippen LogP contribution in [0.5, 0.6) is 5.75 Å². The molecule has 0 aliphatic rings. The van der Waals surface area contributed by atoms with Crippen LogP contribution in [0.25, 0.3) is 10.8 Å². The third-order valence-electron chi connectivity index (χ3n) is 4.81. The summed E-state index contributed by atoms with van der Waals surface area (Å²) in [5.74, 6) is -0.851. The number of ether oxygens (including phenoxy) is 1. The van der Waals surface area contributed by atoms with Gasteiger partial charge in [0.2, 0.25) is 16.0 Å². The van der Waals surface area contributed by atoms with E-state index >= 15 is 0 Å². The molecule has 0 spiro atoms. The number of nitrogens with two attached hydrogens (primary N) is 2. The van der Waals surface area contributed by atoms with Gasteiger partial charge in [0.15, 0.2) is 0 Å². The maximum atomic E-state index is 12.8. The van der Waals surface area contributed by atoms with E-state index in [2.05, 4.69) is 9.88 Å². The van der Waals surface area contributed by atoms with Crippen LogP contribution >= 0.6 is 0 Å². The number of carboxylic acid groups (broad SMARTS) is 1. The van der Waals surface area contributed by atoms with E-state index in [0.29, 0.717) is 24.3 Å². The minimum Gasteiger partial charge on any atom is -0.493 e. The van der Waals surface area contributed by atoms with Gasteiger partial charge in [0.1, 0.15) is 18.4 Å². The third-order valence-corrected chi connectivity index (χ3v) is 6.28. The van der Waals surface area contributed by atoms with Crippen LogP contribution in [0.15, 0.2) is 76.8 Å². The Hall–Kier alpha value is -3.83. The standard InChI is InChI=1S/C23H26N4O6S/c24-23(25)26-33-13-3-12-32-19-9-6-16(7-10-19)14-21(22(28)29)27-34(30,31)20-11-8-17-4-1-2-5-18(17)15-20/h1-2,4-11,15,21,27H,3,12-14H2,(H,28,29)(H4,24,25,26)/t21-/m0/s1. The minimum atomic E-state index is -4.04. The van der Waals surface area contributed by atoms with Gasteiger partial charge in [-0.1, -0.05) is 42.5 Å². The molecule has 0 fully saturated rings. The van der Waals surface area contributed by atoms with Gasteiger partial charge in [-0.05, 0) is 52.2 Å². The van der Waals surface area contributed by atoms with Gasteiger partial charge >= 0.3 is 5.97 Å².